The van der Waals surface area contributed by atoms with Crippen LogP contribution in [0, 0.1) is 0 Å². The van der Waals surface area contributed by atoms with Crippen LogP contribution in [0.4, 0.5) is 19.0 Å². The van der Waals surface area contributed by atoms with Gasteiger partial charge in [-0.3, -0.25) is 0 Å². The summed E-state index contributed by atoms with van der Waals surface area (Å²) < 4.78 is 60.0. The lowest BCUT2D eigenvalue weighted by atomic mass is 10.1. The summed E-state index contributed by atoms with van der Waals surface area (Å²) in [6.45, 7) is -0.137. The lowest BCUT2D eigenvalue weighted by Crippen LogP contribution is -2.49. The number of rotatable bonds is 4. The Labute approximate surface area is 147 Å². The van der Waals surface area contributed by atoms with Gasteiger partial charge in [0.05, 0.1) is 39.9 Å². The van der Waals surface area contributed by atoms with E-state index in [9.17, 15) is 13.2 Å². The van der Waals surface area contributed by atoms with Gasteiger partial charge in [0, 0.05) is 6.54 Å². The van der Waals surface area contributed by atoms with Crippen molar-refractivity contribution in [3.63, 3.8) is 0 Å². The van der Waals surface area contributed by atoms with Gasteiger partial charge in [-0.05, 0) is 6.07 Å². The minimum absolute atomic E-state index is 0.0555. The number of benzene rings is 1. The van der Waals surface area contributed by atoms with Crippen molar-refractivity contribution in [3.8, 4) is 17.2 Å². The maximum absolute atomic E-state index is 13.0. The Morgan fingerprint density at radius 1 is 1.12 bits per heavy atom. The highest BCUT2D eigenvalue weighted by Gasteiger charge is 2.44. The Morgan fingerprint density at radius 3 is 2.46 bits per heavy atom. The molecule has 1 atom stereocenters. The SMILES string of the molecule is COc1cc2c(N3CCOC(C(F)(F)F)C3)ncnc2c(OC)c1OC. The van der Waals surface area contributed by atoms with Crippen LogP contribution in [0.1, 0.15) is 0 Å². The number of nitrogens with zero attached hydrogens (tertiary/aromatic N) is 3. The zero-order chi connectivity index (χ0) is 18.9. The molecule has 142 valence electrons. The molecule has 1 fully saturated rings. The largest absolute Gasteiger partial charge is 0.493 e. The molecule has 10 heteroatoms. The quantitative estimate of drug-likeness (QED) is 0.815. The van der Waals surface area contributed by atoms with Crippen molar-refractivity contribution in [2.75, 3.05) is 45.9 Å². The number of methoxy groups -OCH3 is 3. The molecule has 0 spiro atoms. The average Bonchev–Trinajstić information content (AvgIpc) is 2.65. The molecule has 1 saturated heterocycles. The van der Waals surface area contributed by atoms with Crippen molar-refractivity contribution in [2.24, 2.45) is 0 Å². The van der Waals surface area contributed by atoms with Gasteiger partial charge in [0.25, 0.3) is 0 Å². The molecule has 0 radical (unpaired) electrons. The topological polar surface area (TPSA) is 65.9 Å². The van der Waals surface area contributed by atoms with Crippen LogP contribution in [0.2, 0.25) is 0 Å². The molecule has 0 bridgehead atoms. The van der Waals surface area contributed by atoms with Crippen LogP contribution in [0.25, 0.3) is 10.9 Å². The van der Waals surface area contributed by atoms with E-state index in [1.165, 1.54) is 32.6 Å². The first-order valence-electron chi connectivity index (χ1n) is 7.77. The Balaban J connectivity index is 2.12. The van der Waals surface area contributed by atoms with Crippen LogP contribution in [-0.2, 0) is 4.74 Å². The van der Waals surface area contributed by atoms with Crippen LogP contribution < -0.4 is 19.1 Å². The normalized spacial score (nSPS) is 18.1. The summed E-state index contributed by atoms with van der Waals surface area (Å²) in [6.07, 6.45) is -5.03. The number of morpholine rings is 1. The zero-order valence-electron chi connectivity index (χ0n) is 14.5. The van der Waals surface area contributed by atoms with Crippen molar-refractivity contribution in [2.45, 2.75) is 12.3 Å². The molecule has 0 saturated carbocycles. The monoisotopic (exact) mass is 373 g/mol. The summed E-state index contributed by atoms with van der Waals surface area (Å²) in [7, 11) is 4.37. The second-order valence-corrected chi connectivity index (χ2v) is 5.59. The van der Waals surface area contributed by atoms with E-state index in [0.29, 0.717) is 34.0 Å². The van der Waals surface area contributed by atoms with Crippen LogP contribution in [-0.4, -0.2) is 63.3 Å². The lowest BCUT2D eigenvalue weighted by molar-refractivity contribution is -0.221. The summed E-state index contributed by atoms with van der Waals surface area (Å²) in [4.78, 5) is 9.93. The first-order valence-corrected chi connectivity index (χ1v) is 7.77. The number of fused-ring (bicyclic) bond motifs is 1. The molecule has 7 nitrogen and oxygen atoms in total. The van der Waals surface area contributed by atoms with E-state index in [2.05, 4.69) is 9.97 Å². The molecule has 0 aliphatic carbocycles. The van der Waals surface area contributed by atoms with Crippen molar-refractivity contribution < 1.29 is 32.1 Å². The van der Waals surface area contributed by atoms with Gasteiger partial charge in [0.15, 0.2) is 17.6 Å². The van der Waals surface area contributed by atoms with Gasteiger partial charge in [0.1, 0.15) is 17.7 Å². The van der Waals surface area contributed by atoms with Crippen LogP contribution in [0.5, 0.6) is 17.2 Å². The van der Waals surface area contributed by atoms with E-state index in [1.807, 2.05) is 0 Å². The molecule has 26 heavy (non-hydrogen) atoms. The standard InChI is InChI=1S/C16H18F3N3O4/c1-23-10-6-9-12(14(25-3)13(10)24-2)20-8-21-15(9)22-4-5-26-11(7-22)16(17,18)19/h6,8,11H,4-5,7H2,1-3H3. The Morgan fingerprint density at radius 2 is 1.85 bits per heavy atom. The second-order valence-electron chi connectivity index (χ2n) is 5.59. The van der Waals surface area contributed by atoms with Gasteiger partial charge in [-0.25, -0.2) is 9.97 Å². The zero-order valence-corrected chi connectivity index (χ0v) is 14.5. The van der Waals surface area contributed by atoms with Crippen LogP contribution in [0.15, 0.2) is 12.4 Å². The van der Waals surface area contributed by atoms with Gasteiger partial charge in [-0.1, -0.05) is 0 Å². The Hall–Kier alpha value is -2.49. The summed E-state index contributed by atoms with van der Waals surface area (Å²) in [5, 5.41) is 0.504. The fraction of sp³-hybridized carbons (Fsp3) is 0.500. The van der Waals surface area contributed by atoms with E-state index in [-0.39, 0.29) is 19.7 Å². The van der Waals surface area contributed by atoms with E-state index < -0.39 is 12.3 Å². The molecule has 2 heterocycles. The minimum Gasteiger partial charge on any atom is -0.493 e. The highest BCUT2D eigenvalue weighted by molar-refractivity contribution is 5.97. The predicted octanol–water partition coefficient (Wildman–Crippen LogP) is 2.42. The van der Waals surface area contributed by atoms with Gasteiger partial charge in [-0.15, -0.1) is 0 Å². The van der Waals surface area contributed by atoms with Crippen LogP contribution in [0.3, 0.4) is 0 Å². The molecule has 0 amide bonds. The van der Waals surface area contributed by atoms with Gasteiger partial charge in [0.2, 0.25) is 5.75 Å². The van der Waals surface area contributed by atoms with Crippen molar-refractivity contribution in [3.05, 3.63) is 12.4 Å². The first-order chi connectivity index (χ1) is 12.4. The maximum Gasteiger partial charge on any atom is 0.416 e. The third-order valence-corrected chi connectivity index (χ3v) is 4.14. The summed E-state index contributed by atoms with van der Waals surface area (Å²) in [5.41, 5.74) is 0.421. The molecular weight excluding hydrogens is 355 g/mol. The maximum atomic E-state index is 13.0. The number of ether oxygens (including phenoxy) is 4. The molecule has 1 aliphatic heterocycles. The highest BCUT2D eigenvalue weighted by Crippen LogP contribution is 2.44. The van der Waals surface area contributed by atoms with Crippen molar-refractivity contribution >= 4 is 16.7 Å². The summed E-state index contributed by atoms with van der Waals surface area (Å²) in [6, 6.07) is 1.63. The second kappa shape index (κ2) is 7.02. The molecule has 1 aromatic heterocycles. The molecule has 3 rings (SSSR count). The fourth-order valence-corrected chi connectivity index (χ4v) is 2.94. The number of aromatic nitrogens is 2. The molecule has 2 aromatic rings. The smallest absolute Gasteiger partial charge is 0.416 e. The molecule has 1 aliphatic rings. The first kappa shape index (κ1) is 18.3. The molecular formula is C16H18F3N3O4. The van der Waals surface area contributed by atoms with Gasteiger partial charge < -0.3 is 23.8 Å². The lowest BCUT2D eigenvalue weighted by Gasteiger charge is -2.35. The van der Waals surface area contributed by atoms with E-state index >= 15 is 0 Å². The summed E-state index contributed by atoms with van der Waals surface area (Å²) >= 11 is 0. The highest BCUT2D eigenvalue weighted by atomic mass is 19.4. The fourth-order valence-electron chi connectivity index (χ4n) is 2.94. The molecule has 1 unspecified atom stereocenters. The number of alkyl halides is 3. The minimum atomic E-state index is -4.44. The summed E-state index contributed by atoms with van der Waals surface area (Å²) in [5.74, 6) is 1.40. The third kappa shape index (κ3) is 3.16. The average molecular weight is 373 g/mol. The number of halogens is 3. The third-order valence-electron chi connectivity index (χ3n) is 4.14. The van der Waals surface area contributed by atoms with Crippen molar-refractivity contribution in [1.29, 1.82) is 0 Å². The van der Waals surface area contributed by atoms with E-state index in [4.69, 9.17) is 18.9 Å². The Bertz CT molecular complexity index is 800. The number of hydrogen-bond donors (Lipinski definition) is 0. The van der Waals surface area contributed by atoms with Gasteiger partial charge >= 0.3 is 6.18 Å². The van der Waals surface area contributed by atoms with E-state index in [1.54, 1.807) is 6.07 Å². The Kier molecular flexibility index (Phi) is 4.94. The number of hydrogen-bond acceptors (Lipinski definition) is 7. The number of anilines is 1. The van der Waals surface area contributed by atoms with Crippen LogP contribution >= 0.6 is 0 Å². The van der Waals surface area contributed by atoms with Crippen molar-refractivity contribution in [1.82, 2.24) is 9.97 Å². The molecule has 1 aromatic carbocycles. The van der Waals surface area contributed by atoms with E-state index in [0.717, 1.165) is 0 Å². The predicted molar refractivity (Wildman–Crippen MR) is 87.2 cm³/mol. The molecule has 0 N–H and O–H groups in total. The van der Waals surface area contributed by atoms with Gasteiger partial charge in [-0.2, -0.15) is 13.2 Å².